The van der Waals surface area contributed by atoms with Gasteiger partial charge in [0.15, 0.2) is 0 Å². The molecule has 6 heteroatoms. The van der Waals surface area contributed by atoms with Gasteiger partial charge in [-0.2, -0.15) is 5.10 Å². The summed E-state index contributed by atoms with van der Waals surface area (Å²) < 4.78 is 9.27. The van der Waals surface area contributed by atoms with E-state index >= 15 is 0 Å². The maximum absolute atomic E-state index is 5.31. The molecule has 0 fully saturated rings. The van der Waals surface area contributed by atoms with Gasteiger partial charge in [-0.3, -0.25) is 4.68 Å². The van der Waals surface area contributed by atoms with E-state index in [4.69, 9.17) is 4.74 Å². The lowest BCUT2D eigenvalue weighted by atomic mass is 10.1. The van der Waals surface area contributed by atoms with Gasteiger partial charge in [-0.25, -0.2) is 4.98 Å². The van der Waals surface area contributed by atoms with Gasteiger partial charge in [-0.1, -0.05) is 12.1 Å². The van der Waals surface area contributed by atoms with Crippen molar-refractivity contribution in [2.75, 3.05) is 7.11 Å². The van der Waals surface area contributed by atoms with E-state index in [1.54, 1.807) is 11.8 Å². The third-order valence-corrected chi connectivity index (χ3v) is 3.81. The van der Waals surface area contributed by atoms with Gasteiger partial charge in [-0.05, 0) is 30.5 Å². The fourth-order valence-corrected chi connectivity index (χ4v) is 2.64. The van der Waals surface area contributed by atoms with Crippen LogP contribution in [0, 0.1) is 6.92 Å². The van der Waals surface area contributed by atoms with Crippen LogP contribution >= 0.6 is 12.4 Å². The van der Waals surface area contributed by atoms with Crippen LogP contribution < -0.4 is 4.74 Å². The molecule has 5 nitrogen and oxygen atoms in total. The maximum Gasteiger partial charge on any atom is 0.121 e. The molecular weight excluding hydrogens is 312 g/mol. The van der Waals surface area contributed by atoms with Gasteiger partial charge in [-0.15, -0.1) is 12.4 Å². The first-order chi connectivity index (χ1) is 10.7. The zero-order chi connectivity index (χ0) is 15.5. The van der Waals surface area contributed by atoms with Crippen molar-refractivity contribution in [1.29, 1.82) is 0 Å². The van der Waals surface area contributed by atoms with E-state index < -0.39 is 0 Å². The highest BCUT2D eigenvalue weighted by atomic mass is 35.5. The Morgan fingerprint density at radius 3 is 2.70 bits per heavy atom. The van der Waals surface area contributed by atoms with Crippen LogP contribution in [0.2, 0.25) is 0 Å². The van der Waals surface area contributed by atoms with Gasteiger partial charge >= 0.3 is 0 Å². The molecule has 0 N–H and O–H groups in total. The fraction of sp³-hybridized carbons (Fsp3) is 0.294. The normalized spacial score (nSPS) is 10.4. The number of hydrogen-bond donors (Lipinski definition) is 0. The van der Waals surface area contributed by atoms with Crippen LogP contribution in [0.5, 0.6) is 5.75 Å². The number of halogens is 1. The second-order valence-electron chi connectivity index (χ2n) is 5.43. The van der Waals surface area contributed by atoms with E-state index in [9.17, 15) is 0 Å². The molecule has 0 unspecified atom stereocenters. The summed E-state index contributed by atoms with van der Waals surface area (Å²) in [4.78, 5) is 4.27. The Kier molecular flexibility index (Phi) is 5.45. The quantitative estimate of drug-likeness (QED) is 0.720. The van der Waals surface area contributed by atoms with Gasteiger partial charge in [0.2, 0.25) is 0 Å². The molecule has 2 aromatic heterocycles. The summed E-state index contributed by atoms with van der Waals surface area (Å²) in [6.45, 7) is 2.95. The summed E-state index contributed by atoms with van der Waals surface area (Å²) in [6.07, 6.45) is 8.58. The molecule has 122 valence electrons. The monoisotopic (exact) mass is 332 g/mol. The molecule has 0 radical (unpaired) electrons. The van der Waals surface area contributed by atoms with Crippen molar-refractivity contribution in [3.63, 3.8) is 0 Å². The van der Waals surface area contributed by atoms with Gasteiger partial charge in [0, 0.05) is 25.4 Å². The van der Waals surface area contributed by atoms with E-state index in [1.807, 2.05) is 38.0 Å². The predicted molar refractivity (Wildman–Crippen MR) is 93.1 cm³/mol. The number of ether oxygens (including phenoxy) is 1. The van der Waals surface area contributed by atoms with Gasteiger partial charge in [0.05, 0.1) is 31.5 Å². The molecule has 3 rings (SSSR count). The number of aromatic nitrogens is 4. The van der Waals surface area contributed by atoms with Crippen molar-refractivity contribution in [2.45, 2.75) is 19.9 Å². The molecule has 0 saturated heterocycles. The van der Waals surface area contributed by atoms with E-state index in [2.05, 4.69) is 33.7 Å². The van der Waals surface area contributed by atoms with Crippen LogP contribution in [-0.2, 0) is 20.0 Å². The standard InChI is InChI=1S/C17H20N4O.ClH/c1-13-8-14(4-5-17(13)22-3)6-7-21-12-18-10-16(21)15-9-19-20(2)11-15;/h4-5,8-12H,6-7H2,1-3H3;1H. The minimum Gasteiger partial charge on any atom is -0.496 e. The minimum absolute atomic E-state index is 0. The van der Waals surface area contributed by atoms with E-state index in [0.29, 0.717) is 0 Å². The highest BCUT2D eigenvalue weighted by molar-refractivity contribution is 5.85. The summed E-state index contributed by atoms with van der Waals surface area (Å²) >= 11 is 0. The molecular formula is C17H21ClN4O. The lowest BCUT2D eigenvalue weighted by Crippen LogP contribution is -2.02. The molecule has 0 aliphatic rings. The van der Waals surface area contributed by atoms with Crippen LogP contribution in [0.1, 0.15) is 11.1 Å². The van der Waals surface area contributed by atoms with E-state index in [-0.39, 0.29) is 12.4 Å². The zero-order valence-corrected chi connectivity index (χ0v) is 14.4. The molecule has 0 spiro atoms. The summed E-state index contributed by atoms with van der Waals surface area (Å²) in [6, 6.07) is 6.33. The van der Waals surface area contributed by atoms with Gasteiger partial charge < -0.3 is 9.30 Å². The molecule has 2 heterocycles. The lowest BCUT2D eigenvalue weighted by Gasteiger charge is -2.09. The molecule has 0 aliphatic heterocycles. The first-order valence-electron chi connectivity index (χ1n) is 7.30. The molecule has 0 bridgehead atoms. The Morgan fingerprint density at radius 2 is 2.04 bits per heavy atom. The highest BCUT2D eigenvalue weighted by Gasteiger charge is 2.07. The van der Waals surface area contributed by atoms with Crippen molar-refractivity contribution >= 4 is 12.4 Å². The Labute approximate surface area is 142 Å². The second kappa shape index (κ2) is 7.33. The number of benzene rings is 1. The van der Waals surface area contributed by atoms with Gasteiger partial charge in [0.1, 0.15) is 5.75 Å². The highest BCUT2D eigenvalue weighted by Crippen LogP contribution is 2.21. The second-order valence-corrected chi connectivity index (χ2v) is 5.43. The van der Waals surface area contributed by atoms with Gasteiger partial charge in [0.25, 0.3) is 0 Å². The Hall–Kier alpha value is -2.27. The summed E-state index contributed by atoms with van der Waals surface area (Å²) in [7, 11) is 3.62. The predicted octanol–water partition coefficient (Wildman–Crippen LogP) is 3.27. The Balaban J connectivity index is 0.00000192. The largest absolute Gasteiger partial charge is 0.496 e. The number of nitrogens with zero attached hydrogens (tertiary/aromatic N) is 4. The van der Waals surface area contributed by atoms with Crippen molar-refractivity contribution in [1.82, 2.24) is 19.3 Å². The average molecular weight is 333 g/mol. The number of rotatable bonds is 5. The fourth-order valence-electron chi connectivity index (χ4n) is 2.64. The maximum atomic E-state index is 5.31. The SMILES string of the molecule is COc1ccc(CCn2cncc2-c2cnn(C)c2)cc1C.Cl. The topological polar surface area (TPSA) is 44.9 Å². The van der Waals surface area contributed by atoms with Crippen molar-refractivity contribution < 1.29 is 4.74 Å². The van der Waals surface area contributed by atoms with E-state index in [0.717, 1.165) is 35.5 Å². The summed E-state index contributed by atoms with van der Waals surface area (Å²) in [5, 5.41) is 4.22. The summed E-state index contributed by atoms with van der Waals surface area (Å²) in [5.41, 5.74) is 4.64. The minimum atomic E-state index is 0. The molecule has 0 aliphatic carbocycles. The Morgan fingerprint density at radius 1 is 1.22 bits per heavy atom. The third kappa shape index (κ3) is 3.74. The van der Waals surface area contributed by atoms with Crippen LogP contribution in [0.15, 0.2) is 43.1 Å². The first-order valence-corrected chi connectivity index (χ1v) is 7.30. The molecule has 0 amide bonds. The molecule has 1 aromatic carbocycles. The molecule has 0 saturated carbocycles. The van der Waals surface area contributed by atoms with Crippen molar-refractivity contribution in [3.05, 3.63) is 54.2 Å². The van der Waals surface area contributed by atoms with Crippen molar-refractivity contribution in [2.24, 2.45) is 7.05 Å². The third-order valence-electron chi connectivity index (χ3n) is 3.81. The van der Waals surface area contributed by atoms with Crippen LogP contribution in [0.4, 0.5) is 0 Å². The number of methoxy groups -OCH3 is 1. The van der Waals surface area contributed by atoms with Crippen LogP contribution in [-0.4, -0.2) is 26.4 Å². The van der Waals surface area contributed by atoms with E-state index in [1.165, 1.54) is 5.56 Å². The average Bonchev–Trinajstić information content (AvgIpc) is 3.13. The zero-order valence-electron chi connectivity index (χ0n) is 13.6. The van der Waals surface area contributed by atoms with Crippen LogP contribution in [0.3, 0.4) is 0 Å². The summed E-state index contributed by atoms with van der Waals surface area (Å²) in [5.74, 6) is 0.933. The Bertz CT molecular complexity index is 779. The first kappa shape index (κ1) is 17.1. The molecule has 0 atom stereocenters. The smallest absolute Gasteiger partial charge is 0.121 e. The number of hydrogen-bond acceptors (Lipinski definition) is 3. The number of aryl methyl sites for hydroxylation is 4. The van der Waals surface area contributed by atoms with Crippen molar-refractivity contribution in [3.8, 4) is 17.0 Å². The molecule has 23 heavy (non-hydrogen) atoms. The van der Waals surface area contributed by atoms with Crippen LogP contribution in [0.25, 0.3) is 11.3 Å². The lowest BCUT2D eigenvalue weighted by molar-refractivity contribution is 0.411. The number of imidazole rings is 1. The molecule has 3 aromatic rings.